The highest BCUT2D eigenvalue weighted by Crippen LogP contribution is 2.38. The third kappa shape index (κ3) is 3.72. The molecule has 1 saturated heterocycles. The molecule has 2 heterocycles. The number of likely N-dealkylation sites (tertiary alicyclic amines) is 1. The topological polar surface area (TPSA) is 78.5 Å². The summed E-state index contributed by atoms with van der Waals surface area (Å²) in [5.41, 5.74) is 4.80. The minimum Gasteiger partial charge on any atom is -0.496 e. The molecule has 0 saturated carbocycles. The van der Waals surface area contributed by atoms with Crippen LogP contribution < -0.4 is 4.74 Å². The summed E-state index contributed by atoms with van der Waals surface area (Å²) in [6, 6.07) is 9.64. The van der Waals surface area contributed by atoms with Crippen molar-refractivity contribution in [2.24, 2.45) is 5.92 Å². The Labute approximate surface area is 170 Å². The van der Waals surface area contributed by atoms with Gasteiger partial charge in [0.25, 0.3) is 0 Å². The van der Waals surface area contributed by atoms with Gasteiger partial charge in [0.2, 0.25) is 0 Å². The number of fused-ring (bicyclic) bond motifs is 1. The number of rotatable bonds is 5. The molecule has 6 nitrogen and oxygen atoms in total. The van der Waals surface area contributed by atoms with Gasteiger partial charge in [0, 0.05) is 23.5 Å². The number of methoxy groups -OCH3 is 1. The van der Waals surface area contributed by atoms with Crippen molar-refractivity contribution in [1.29, 1.82) is 0 Å². The number of aromatic carboxylic acids is 1. The van der Waals surface area contributed by atoms with Gasteiger partial charge < -0.3 is 9.84 Å². The molecule has 3 aromatic rings. The van der Waals surface area contributed by atoms with Crippen LogP contribution in [0.5, 0.6) is 5.75 Å². The van der Waals surface area contributed by atoms with E-state index in [9.17, 15) is 9.90 Å². The molecule has 0 radical (unpaired) electrons. The number of H-pyrrole nitrogens is 1. The Hall–Kier alpha value is -2.86. The Morgan fingerprint density at radius 3 is 2.79 bits per heavy atom. The van der Waals surface area contributed by atoms with Crippen molar-refractivity contribution in [2.75, 3.05) is 13.7 Å². The number of aromatic nitrogens is 2. The van der Waals surface area contributed by atoms with Crippen molar-refractivity contribution in [1.82, 2.24) is 15.1 Å². The smallest absolute Gasteiger partial charge is 0.335 e. The van der Waals surface area contributed by atoms with E-state index in [1.165, 1.54) is 0 Å². The number of carbonyl (C=O) groups is 1. The van der Waals surface area contributed by atoms with Gasteiger partial charge in [-0.2, -0.15) is 5.10 Å². The second kappa shape index (κ2) is 7.87. The molecule has 0 bridgehead atoms. The number of carboxylic acids is 1. The van der Waals surface area contributed by atoms with Gasteiger partial charge in [-0.15, -0.1) is 0 Å². The first-order valence-corrected chi connectivity index (χ1v) is 10.0. The molecule has 6 heteroatoms. The van der Waals surface area contributed by atoms with E-state index in [0.717, 1.165) is 59.3 Å². The lowest BCUT2D eigenvalue weighted by Gasteiger charge is -2.39. The predicted octanol–water partition coefficient (Wildman–Crippen LogP) is 4.55. The van der Waals surface area contributed by atoms with E-state index in [2.05, 4.69) is 35.0 Å². The van der Waals surface area contributed by atoms with Crippen LogP contribution in [0.25, 0.3) is 10.9 Å². The van der Waals surface area contributed by atoms with Gasteiger partial charge in [0.1, 0.15) is 5.75 Å². The van der Waals surface area contributed by atoms with E-state index in [-0.39, 0.29) is 6.04 Å². The highest BCUT2D eigenvalue weighted by Gasteiger charge is 2.29. The average Bonchev–Trinajstić information content (AvgIpc) is 3.21. The number of ether oxygens (including phenoxy) is 1. The molecular formula is C23H27N3O3. The average molecular weight is 393 g/mol. The summed E-state index contributed by atoms with van der Waals surface area (Å²) in [4.78, 5) is 13.7. The molecule has 2 N–H and O–H groups in total. The van der Waals surface area contributed by atoms with E-state index >= 15 is 0 Å². The molecule has 0 spiro atoms. The molecular weight excluding hydrogens is 366 g/mol. The molecule has 0 unspecified atom stereocenters. The Kier molecular flexibility index (Phi) is 5.28. The number of aromatic amines is 1. The molecule has 1 aromatic heterocycles. The normalized spacial score (nSPS) is 20.1. The third-order valence-electron chi connectivity index (χ3n) is 6.10. The summed E-state index contributed by atoms with van der Waals surface area (Å²) in [5, 5.41) is 17.7. The lowest BCUT2D eigenvalue weighted by atomic mass is 9.87. The molecule has 2 atom stereocenters. The second-order valence-corrected chi connectivity index (χ2v) is 8.08. The van der Waals surface area contributed by atoms with Crippen LogP contribution in [-0.4, -0.2) is 39.8 Å². The number of hydrogen-bond donors (Lipinski definition) is 2. The van der Waals surface area contributed by atoms with Gasteiger partial charge in [-0.1, -0.05) is 19.1 Å². The highest BCUT2D eigenvalue weighted by atomic mass is 16.5. The van der Waals surface area contributed by atoms with E-state index in [1.807, 2.05) is 18.3 Å². The van der Waals surface area contributed by atoms with Crippen molar-refractivity contribution in [2.45, 2.75) is 39.3 Å². The first-order chi connectivity index (χ1) is 14.0. The third-order valence-corrected chi connectivity index (χ3v) is 6.10. The summed E-state index contributed by atoms with van der Waals surface area (Å²) in [6.45, 7) is 6.10. The largest absolute Gasteiger partial charge is 0.496 e. The van der Waals surface area contributed by atoms with Crippen molar-refractivity contribution >= 4 is 16.9 Å². The summed E-state index contributed by atoms with van der Waals surface area (Å²) in [5.74, 6) is 0.622. The number of carboxylic acid groups (broad SMARTS) is 1. The predicted molar refractivity (Wildman–Crippen MR) is 112 cm³/mol. The van der Waals surface area contributed by atoms with Gasteiger partial charge in [0.15, 0.2) is 0 Å². The standard InChI is InChI=1S/C23H27N3O3/c1-14-8-9-26(20(10-14)16-4-6-17(7-5-16)23(27)28)13-19-18-12-24-25-22(18)15(2)11-21(19)29-3/h4-7,11-12,14,20H,8-10,13H2,1-3H3,(H,24,25)(H,27,28)/t14-,20+/m1/s1. The molecule has 0 amide bonds. The zero-order valence-electron chi connectivity index (χ0n) is 17.1. The molecule has 152 valence electrons. The first kappa shape index (κ1) is 19.5. The Morgan fingerprint density at radius 1 is 1.34 bits per heavy atom. The Morgan fingerprint density at radius 2 is 2.10 bits per heavy atom. The van der Waals surface area contributed by atoms with Crippen LogP contribution in [0.2, 0.25) is 0 Å². The minimum absolute atomic E-state index is 0.245. The number of piperidine rings is 1. The van der Waals surface area contributed by atoms with Gasteiger partial charge in [-0.3, -0.25) is 10.00 Å². The monoisotopic (exact) mass is 393 g/mol. The van der Waals surface area contributed by atoms with Gasteiger partial charge in [-0.25, -0.2) is 4.79 Å². The quantitative estimate of drug-likeness (QED) is 0.665. The van der Waals surface area contributed by atoms with Crippen LogP contribution in [0.1, 0.15) is 52.9 Å². The fraction of sp³-hybridized carbons (Fsp3) is 0.391. The Bertz CT molecular complexity index is 1030. The van der Waals surface area contributed by atoms with Gasteiger partial charge in [0.05, 0.1) is 24.4 Å². The number of aryl methyl sites for hydroxylation is 1. The fourth-order valence-electron chi connectivity index (χ4n) is 4.43. The highest BCUT2D eigenvalue weighted by molar-refractivity contribution is 5.88. The zero-order chi connectivity index (χ0) is 20.5. The summed E-state index contributed by atoms with van der Waals surface area (Å²) < 4.78 is 5.72. The molecule has 0 aliphatic carbocycles. The number of benzene rings is 2. The van der Waals surface area contributed by atoms with Crippen LogP contribution in [0.3, 0.4) is 0 Å². The van der Waals surface area contributed by atoms with E-state index in [0.29, 0.717) is 11.5 Å². The van der Waals surface area contributed by atoms with Gasteiger partial charge >= 0.3 is 5.97 Å². The molecule has 1 fully saturated rings. The number of hydrogen-bond acceptors (Lipinski definition) is 4. The van der Waals surface area contributed by atoms with E-state index in [4.69, 9.17) is 4.74 Å². The molecule has 29 heavy (non-hydrogen) atoms. The van der Waals surface area contributed by atoms with Crippen molar-refractivity contribution in [3.05, 3.63) is 58.8 Å². The minimum atomic E-state index is -0.892. The maximum atomic E-state index is 11.2. The number of nitrogens with one attached hydrogen (secondary N) is 1. The second-order valence-electron chi connectivity index (χ2n) is 8.08. The summed E-state index contributed by atoms with van der Waals surface area (Å²) in [7, 11) is 1.71. The van der Waals surface area contributed by atoms with Crippen LogP contribution in [0, 0.1) is 12.8 Å². The van der Waals surface area contributed by atoms with Crippen molar-refractivity contribution in [3.63, 3.8) is 0 Å². The molecule has 2 aromatic carbocycles. The number of nitrogens with zero attached hydrogens (tertiary/aromatic N) is 2. The first-order valence-electron chi connectivity index (χ1n) is 10.0. The maximum Gasteiger partial charge on any atom is 0.335 e. The summed E-state index contributed by atoms with van der Waals surface area (Å²) in [6.07, 6.45) is 4.07. The van der Waals surface area contributed by atoms with E-state index < -0.39 is 5.97 Å². The fourth-order valence-corrected chi connectivity index (χ4v) is 4.43. The van der Waals surface area contributed by atoms with Crippen molar-refractivity contribution < 1.29 is 14.6 Å². The molecule has 4 rings (SSSR count). The lowest BCUT2D eigenvalue weighted by Crippen LogP contribution is -2.36. The van der Waals surface area contributed by atoms with Crippen LogP contribution in [0.4, 0.5) is 0 Å². The van der Waals surface area contributed by atoms with Crippen LogP contribution in [0.15, 0.2) is 36.5 Å². The Balaban J connectivity index is 1.69. The molecule has 1 aliphatic rings. The summed E-state index contributed by atoms with van der Waals surface area (Å²) >= 11 is 0. The van der Waals surface area contributed by atoms with Gasteiger partial charge in [-0.05, 0) is 61.6 Å². The SMILES string of the molecule is COc1cc(C)c2[nH]ncc2c1CN1CC[C@@H](C)C[C@H]1c1ccc(C(=O)O)cc1. The van der Waals surface area contributed by atoms with Crippen molar-refractivity contribution in [3.8, 4) is 5.75 Å². The lowest BCUT2D eigenvalue weighted by molar-refractivity contribution is 0.0696. The zero-order valence-corrected chi connectivity index (χ0v) is 17.1. The van der Waals surface area contributed by atoms with Crippen LogP contribution >= 0.6 is 0 Å². The maximum absolute atomic E-state index is 11.2. The van der Waals surface area contributed by atoms with E-state index in [1.54, 1.807) is 19.2 Å². The molecule has 1 aliphatic heterocycles. The van der Waals surface area contributed by atoms with Crippen LogP contribution in [-0.2, 0) is 6.54 Å².